The van der Waals surface area contributed by atoms with Gasteiger partial charge in [-0.3, -0.25) is 0 Å². The molecule has 0 amide bonds. The number of thioether (sulfide) groups is 1. The van der Waals surface area contributed by atoms with Crippen LogP contribution in [0.4, 0.5) is 5.69 Å². The van der Waals surface area contributed by atoms with Gasteiger partial charge in [0.15, 0.2) is 0 Å². The van der Waals surface area contributed by atoms with Crippen LogP contribution in [0.15, 0.2) is 41.4 Å². The molecule has 2 aromatic rings. The van der Waals surface area contributed by atoms with Crippen molar-refractivity contribution in [2.45, 2.75) is 11.4 Å². The predicted molar refractivity (Wildman–Crippen MR) is 92.2 cm³/mol. The summed E-state index contributed by atoms with van der Waals surface area (Å²) < 4.78 is 5.04. The van der Waals surface area contributed by atoms with E-state index in [4.69, 9.17) is 22.7 Å². The second-order valence-electron chi connectivity index (χ2n) is 4.31. The van der Waals surface area contributed by atoms with Crippen molar-refractivity contribution in [2.75, 3.05) is 18.7 Å². The second kappa shape index (κ2) is 7.28. The number of ether oxygens (including phenoxy) is 1. The van der Waals surface area contributed by atoms with Gasteiger partial charge in [-0.2, -0.15) is 0 Å². The van der Waals surface area contributed by atoms with Gasteiger partial charge in [0.2, 0.25) is 5.88 Å². The van der Waals surface area contributed by atoms with Gasteiger partial charge in [0, 0.05) is 35.0 Å². The zero-order chi connectivity index (χ0) is 15.2. The van der Waals surface area contributed by atoms with E-state index in [0.29, 0.717) is 17.4 Å². The van der Waals surface area contributed by atoms with Crippen LogP contribution >= 0.6 is 24.0 Å². The number of hydrogen-bond donors (Lipinski definition) is 2. The van der Waals surface area contributed by atoms with Crippen molar-refractivity contribution in [2.24, 2.45) is 5.73 Å². The largest absolute Gasteiger partial charge is 0.481 e. The lowest BCUT2D eigenvalue weighted by Crippen LogP contribution is -2.14. The Morgan fingerprint density at radius 1 is 1.38 bits per heavy atom. The molecule has 0 aliphatic heterocycles. The molecule has 0 atom stereocenters. The van der Waals surface area contributed by atoms with Crippen molar-refractivity contribution in [3.63, 3.8) is 0 Å². The monoisotopic (exact) mass is 319 g/mol. The normalized spacial score (nSPS) is 10.2. The predicted octanol–water partition coefficient (Wildman–Crippen LogP) is 3.06. The number of rotatable bonds is 6. The molecule has 0 saturated carbocycles. The quantitative estimate of drug-likeness (QED) is 0.630. The van der Waals surface area contributed by atoms with Crippen LogP contribution in [0.3, 0.4) is 0 Å². The fourth-order valence-electron chi connectivity index (χ4n) is 1.94. The van der Waals surface area contributed by atoms with Gasteiger partial charge in [-0.05, 0) is 24.0 Å². The smallest absolute Gasteiger partial charge is 0.212 e. The lowest BCUT2D eigenvalue weighted by Gasteiger charge is -2.14. The number of benzene rings is 1. The summed E-state index contributed by atoms with van der Waals surface area (Å²) in [5.74, 6) is 0.604. The first-order valence-electron chi connectivity index (χ1n) is 6.35. The Morgan fingerprint density at radius 3 is 2.76 bits per heavy atom. The standard InChI is InChI=1S/C15H17N3OS2/c1-19-13-7-6-10(9-18-13)8-17-11-4-3-5-12(21-2)14(11)15(16)20/h3-7,9,17H,8H2,1-2H3,(H2,16,20). The topological polar surface area (TPSA) is 60.2 Å². The highest BCUT2D eigenvalue weighted by Crippen LogP contribution is 2.27. The zero-order valence-electron chi connectivity index (χ0n) is 11.9. The Bertz CT molecular complexity index is 629. The van der Waals surface area contributed by atoms with E-state index in [1.165, 1.54) is 0 Å². The summed E-state index contributed by atoms with van der Waals surface area (Å²) in [5, 5.41) is 3.36. The molecule has 0 saturated heterocycles. The number of hydrogen-bond acceptors (Lipinski definition) is 5. The molecule has 0 unspecified atom stereocenters. The summed E-state index contributed by atoms with van der Waals surface area (Å²) in [7, 11) is 1.60. The highest BCUT2D eigenvalue weighted by Gasteiger charge is 2.10. The molecule has 1 aromatic heterocycles. The number of nitrogens with one attached hydrogen (secondary N) is 1. The van der Waals surface area contributed by atoms with Crippen LogP contribution < -0.4 is 15.8 Å². The summed E-state index contributed by atoms with van der Waals surface area (Å²) in [6, 6.07) is 9.79. The van der Waals surface area contributed by atoms with Crippen LogP contribution in [0, 0.1) is 0 Å². The first-order valence-corrected chi connectivity index (χ1v) is 7.98. The van der Waals surface area contributed by atoms with Crippen LogP contribution in [0.5, 0.6) is 5.88 Å². The van der Waals surface area contributed by atoms with Crippen LogP contribution in [0.1, 0.15) is 11.1 Å². The molecule has 0 radical (unpaired) electrons. The van der Waals surface area contributed by atoms with Crippen molar-refractivity contribution in [3.05, 3.63) is 47.7 Å². The summed E-state index contributed by atoms with van der Waals surface area (Å²) >= 11 is 6.79. The molecule has 21 heavy (non-hydrogen) atoms. The minimum absolute atomic E-state index is 0.398. The minimum Gasteiger partial charge on any atom is -0.481 e. The summed E-state index contributed by atoms with van der Waals surface area (Å²) in [4.78, 5) is 5.65. The van der Waals surface area contributed by atoms with Gasteiger partial charge < -0.3 is 15.8 Å². The molecule has 0 aliphatic carbocycles. The average Bonchev–Trinajstić information content (AvgIpc) is 2.52. The molecule has 1 heterocycles. The highest BCUT2D eigenvalue weighted by molar-refractivity contribution is 7.98. The van der Waals surface area contributed by atoms with Crippen LogP contribution in [-0.4, -0.2) is 23.3 Å². The lowest BCUT2D eigenvalue weighted by atomic mass is 10.1. The maximum absolute atomic E-state index is 5.85. The maximum atomic E-state index is 5.85. The van der Waals surface area contributed by atoms with E-state index in [-0.39, 0.29) is 0 Å². The number of thiocarbonyl (C=S) groups is 1. The third-order valence-corrected chi connectivity index (χ3v) is 3.97. The molecule has 3 N–H and O–H groups in total. The maximum Gasteiger partial charge on any atom is 0.212 e. The zero-order valence-corrected chi connectivity index (χ0v) is 13.6. The van der Waals surface area contributed by atoms with Crippen LogP contribution in [0.25, 0.3) is 0 Å². The molecular formula is C15H17N3OS2. The molecule has 4 nitrogen and oxygen atoms in total. The van der Waals surface area contributed by atoms with E-state index in [9.17, 15) is 0 Å². The number of pyridine rings is 1. The number of anilines is 1. The van der Waals surface area contributed by atoms with Gasteiger partial charge in [-0.1, -0.05) is 24.4 Å². The van der Waals surface area contributed by atoms with E-state index in [2.05, 4.69) is 10.3 Å². The van der Waals surface area contributed by atoms with Gasteiger partial charge in [0.05, 0.1) is 7.11 Å². The Labute approximate surface area is 134 Å². The number of aromatic nitrogens is 1. The number of nitrogens with zero attached hydrogens (tertiary/aromatic N) is 1. The highest BCUT2D eigenvalue weighted by atomic mass is 32.2. The fraction of sp³-hybridized carbons (Fsp3) is 0.200. The van der Waals surface area contributed by atoms with Gasteiger partial charge in [-0.15, -0.1) is 11.8 Å². The van der Waals surface area contributed by atoms with E-state index in [1.807, 2.05) is 36.6 Å². The molecular weight excluding hydrogens is 302 g/mol. The summed E-state index contributed by atoms with van der Waals surface area (Å²) in [6.07, 6.45) is 3.79. The van der Waals surface area contributed by atoms with Gasteiger partial charge >= 0.3 is 0 Å². The second-order valence-corrected chi connectivity index (χ2v) is 5.60. The average molecular weight is 319 g/mol. The lowest BCUT2D eigenvalue weighted by molar-refractivity contribution is 0.397. The van der Waals surface area contributed by atoms with E-state index >= 15 is 0 Å². The minimum atomic E-state index is 0.398. The molecule has 2 rings (SSSR count). The third-order valence-electron chi connectivity index (χ3n) is 2.98. The SMILES string of the molecule is COc1ccc(CNc2cccc(SC)c2C(N)=S)cn1. The van der Waals surface area contributed by atoms with Crippen LogP contribution in [0.2, 0.25) is 0 Å². The van der Waals surface area contributed by atoms with Crippen molar-refractivity contribution in [3.8, 4) is 5.88 Å². The van der Waals surface area contributed by atoms with E-state index in [0.717, 1.165) is 21.7 Å². The Kier molecular flexibility index (Phi) is 5.41. The molecule has 6 heteroatoms. The fourth-order valence-corrected chi connectivity index (χ4v) is 2.86. The molecule has 110 valence electrons. The van der Waals surface area contributed by atoms with Crippen molar-refractivity contribution in [1.82, 2.24) is 4.98 Å². The van der Waals surface area contributed by atoms with Crippen molar-refractivity contribution >= 4 is 34.7 Å². The number of nitrogens with two attached hydrogens (primary N) is 1. The Morgan fingerprint density at radius 2 is 2.19 bits per heavy atom. The van der Waals surface area contributed by atoms with Gasteiger partial charge in [-0.25, -0.2) is 4.98 Å². The molecule has 1 aromatic carbocycles. The summed E-state index contributed by atoms with van der Waals surface area (Å²) in [6.45, 7) is 0.643. The first-order chi connectivity index (χ1) is 10.2. The van der Waals surface area contributed by atoms with Gasteiger partial charge in [0.25, 0.3) is 0 Å². The first kappa shape index (κ1) is 15.6. The summed E-state index contributed by atoms with van der Waals surface area (Å²) in [5.41, 5.74) is 8.73. The van der Waals surface area contributed by atoms with E-state index < -0.39 is 0 Å². The van der Waals surface area contributed by atoms with Crippen molar-refractivity contribution in [1.29, 1.82) is 0 Å². The molecule has 0 fully saturated rings. The van der Waals surface area contributed by atoms with Crippen molar-refractivity contribution < 1.29 is 4.74 Å². The van der Waals surface area contributed by atoms with Crippen LogP contribution in [-0.2, 0) is 6.54 Å². The number of methoxy groups -OCH3 is 1. The Hall–Kier alpha value is -1.79. The molecule has 0 bridgehead atoms. The Balaban J connectivity index is 2.17. The molecule has 0 spiro atoms. The van der Waals surface area contributed by atoms with E-state index in [1.54, 1.807) is 25.1 Å². The van der Waals surface area contributed by atoms with Gasteiger partial charge in [0.1, 0.15) is 4.99 Å². The molecule has 0 aliphatic rings. The third kappa shape index (κ3) is 3.86.